The molecular formula is C74H78N4O20. The molecule has 24 heteroatoms. The highest BCUT2D eigenvalue weighted by molar-refractivity contribution is 5.96. The van der Waals surface area contributed by atoms with Crippen molar-refractivity contribution in [2.75, 3.05) is 26.7 Å². The van der Waals surface area contributed by atoms with Crippen LogP contribution in [0, 0.1) is 32.3 Å². The van der Waals surface area contributed by atoms with E-state index in [4.69, 9.17) is 37.9 Å². The zero-order valence-electron chi connectivity index (χ0n) is 55.6. The van der Waals surface area contributed by atoms with Crippen LogP contribution in [0.5, 0.6) is 11.5 Å². The van der Waals surface area contributed by atoms with Gasteiger partial charge in [-0.1, -0.05) is 137 Å². The minimum Gasteiger partial charge on any atom is -0.455 e. The Morgan fingerprint density at radius 1 is 0.786 bits per heavy atom. The van der Waals surface area contributed by atoms with E-state index in [1.165, 1.54) is 77.2 Å². The zero-order chi connectivity index (χ0) is 70.6. The van der Waals surface area contributed by atoms with Gasteiger partial charge in [-0.05, 0) is 101 Å². The van der Waals surface area contributed by atoms with Crippen molar-refractivity contribution in [3.05, 3.63) is 207 Å². The number of amides is 3. The number of nitro benzene ring substituents is 1. The van der Waals surface area contributed by atoms with E-state index in [0.717, 1.165) is 29.9 Å². The van der Waals surface area contributed by atoms with E-state index in [-0.39, 0.29) is 72.0 Å². The van der Waals surface area contributed by atoms with Crippen LogP contribution in [0.2, 0.25) is 0 Å². The molecule has 3 amide bonds. The number of benzene rings is 6. The smallest absolute Gasteiger partial charge is 0.410 e. The molecule has 2 bridgehead atoms. The van der Waals surface area contributed by atoms with E-state index in [2.05, 4.69) is 10.6 Å². The Bertz CT molecular complexity index is 4040. The number of esters is 4. The summed E-state index contributed by atoms with van der Waals surface area (Å²) < 4.78 is 48.9. The van der Waals surface area contributed by atoms with Gasteiger partial charge in [0.05, 0.1) is 34.5 Å². The van der Waals surface area contributed by atoms with E-state index in [0.29, 0.717) is 11.3 Å². The Morgan fingerprint density at radius 2 is 1.39 bits per heavy atom. The molecule has 2 saturated carbocycles. The molecule has 10 rings (SSSR count). The van der Waals surface area contributed by atoms with Crippen molar-refractivity contribution in [2.45, 2.75) is 129 Å². The monoisotopic (exact) mass is 1340 g/mol. The predicted molar refractivity (Wildman–Crippen MR) is 352 cm³/mol. The Labute approximate surface area is 565 Å². The number of aliphatic hydroxyl groups excluding tert-OH is 1. The fourth-order valence-corrected chi connectivity index (χ4v) is 14.1. The van der Waals surface area contributed by atoms with Gasteiger partial charge in [-0.15, -0.1) is 0 Å². The number of alkyl carbamates (subject to hydrolysis) is 1. The quantitative estimate of drug-likeness (QED) is 0.0171. The second-order valence-electron chi connectivity index (χ2n) is 26.7. The number of ether oxygens (including phenoxy) is 8. The fourth-order valence-electron chi connectivity index (χ4n) is 14.1. The molecule has 0 aromatic heterocycles. The third kappa shape index (κ3) is 14.3. The van der Waals surface area contributed by atoms with Crippen LogP contribution in [0.4, 0.5) is 15.3 Å². The lowest BCUT2D eigenvalue weighted by molar-refractivity contribution is -0.385. The van der Waals surface area contributed by atoms with Gasteiger partial charge in [-0.25, -0.2) is 19.2 Å². The maximum absolute atomic E-state index is 16.0. The number of nitrogens with zero attached hydrogens (tertiary/aromatic N) is 2. The molecule has 1 heterocycles. The number of rotatable bonds is 21. The first kappa shape index (κ1) is 70.5. The Hall–Kier alpha value is -10.3. The van der Waals surface area contributed by atoms with Crippen LogP contribution < -0.4 is 15.4 Å². The van der Waals surface area contributed by atoms with Gasteiger partial charge in [0.15, 0.2) is 17.5 Å². The number of ketones is 1. The van der Waals surface area contributed by atoms with Gasteiger partial charge in [0.25, 0.3) is 5.91 Å². The van der Waals surface area contributed by atoms with Crippen LogP contribution in [0.1, 0.15) is 106 Å². The van der Waals surface area contributed by atoms with Crippen LogP contribution in [0.15, 0.2) is 175 Å². The molecule has 6 aromatic carbocycles. The molecule has 4 N–H and O–H groups in total. The number of aliphatic hydroxyl groups is 2. The number of carbonyl (C=O) groups is 8. The first-order chi connectivity index (χ1) is 46.5. The second-order valence-corrected chi connectivity index (χ2v) is 26.7. The molecule has 6 aromatic rings. The number of nitro groups is 1. The van der Waals surface area contributed by atoms with E-state index in [1.807, 2.05) is 42.5 Å². The van der Waals surface area contributed by atoms with Crippen LogP contribution in [-0.4, -0.2) is 142 Å². The number of Topliss-reactive ketones (excluding diaryl/α,β-unsaturated/α-hetero) is 1. The van der Waals surface area contributed by atoms with Gasteiger partial charge >= 0.3 is 41.8 Å². The van der Waals surface area contributed by atoms with Gasteiger partial charge in [-0.3, -0.25) is 29.3 Å². The third-order valence-corrected chi connectivity index (χ3v) is 19.2. The molecule has 0 spiro atoms. The van der Waals surface area contributed by atoms with Gasteiger partial charge < -0.3 is 63.6 Å². The molecule has 98 heavy (non-hydrogen) atoms. The maximum Gasteiger partial charge on any atom is 0.410 e. The topological polar surface area (TPSA) is 321 Å². The van der Waals surface area contributed by atoms with Gasteiger partial charge in [0.1, 0.15) is 42.3 Å². The number of fused-ring (bicyclic) bond motifs is 5. The molecule has 514 valence electrons. The van der Waals surface area contributed by atoms with Gasteiger partial charge in [-0.2, -0.15) is 0 Å². The number of carbonyl (C=O) groups excluding carboxylic acids is 8. The van der Waals surface area contributed by atoms with E-state index in [1.54, 1.807) is 92.7 Å². The summed E-state index contributed by atoms with van der Waals surface area (Å²) in [5.74, 6) is -7.16. The fraction of sp³-hybridized carbons (Fsp3) is 0.378. The number of hydrogen-bond acceptors (Lipinski definition) is 20. The molecular weight excluding hydrogens is 1260 g/mol. The zero-order valence-corrected chi connectivity index (χ0v) is 55.6. The minimum absolute atomic E-state index is 0.00763. The summed E-state index contributed by atoms with van der Waals surface area (Å²) in [4.78, 5) is 128. The highest BCUT2D eigenvalue weighted by Crippen LogP contribution is 2.64. The van der Waals surface area contributed by atoms with E-state index >= 15 is 9.59 Å². The molecule has 11 atom stereocenters. The first-order valence-corrected chi connectivity index (χ1v) is 31.9. The molecule has 1 aliphatic heterocycles. The van der Waals surface area contributed by atoms with Crippen LogP contribution in [0.25, 0.3) is 11.1 Å². The molecule has 4 aliphatic rings. The second kappa shape index (κ2) is 28.4. The normalized spacial score (nSPS) is 24.3. The van der Waals surface area contributed by atoms with Crippen molar-refractivity contribution in [3.8, 4) is 22.6 Å². The molecule has 3 aliphatic carbocycles. The van der Waals surface area contributed by atoms with Crippen molar-refractivity contribution in [1.29, 1.82) is 0 Å². The SMILES string of the molecule is CC(=O)O[C@H]1C(=O)[C@@]2(C)[C@H]([C@H](OC(=O)c3ccccc3)[C@]3(O)C[C@H](OC(=O)[C@H](OC(=O)N(C)CC(C)(C)CNC(=O)OCc4ccc([N+](=O)[O-])c(Oc5ccc(-c6ccccc6)cc5)c4)[C@@H](NC(=O)c4ccccc4)c4ccccc4)C(C)=C1C3(C)C)[C@]1(OC(C)=O)CO[C@@H]1C[C@@H]2O. The minimum atomic E-state index is -2.55. The predicted octanol–water partition coefficient (Wildman–Crippen LogP) is 10.1. The molecule has 0 radical (unpaired) electrons. The number of nitrogens with one attached hydrogen (secondary N) is 2. The average Bonchev–Trinajstić information content (AvgIpc) is 0.669. The summed E-state index contributed by atoms with van der Waals surface area (Å²) in [5.41, 5.74) is -7.05. The Balaban J connectivity index is 0.942. The summed E-state index contributed by atoms with van der Waals surface area (Å²) in [6.07, 6.45) is -13.4. The largest absolute Gasteiger partial charge is 0.455 e. The third-order valence-electron chi connectivity index (χ3n) is 19.2. The summed E-state index contributed by atoms with van der Waals surface area (Å²) >= 11 is 0. The standard InChI is InChI=1S/C74H78N4O20/c1-43-55(38-74(88)64(97-66(84)51-28-20-13-21-29-51)62-72(8,56(81)37-57-73(62,42-92-57)98-45(3)80)63(82)60(93-44(2)79)58(43)71(74,6)7)95-67(85)61(59(49-24-16-11-17-25-49)76-65(83)50-26-18-12-19-27-50)96-69(87)77(9)41-70(4,5)40-75-68(86)91-39-46-30-35-53(78(89)90)54(36-46)94-52-33-31-48(32-34-52)47-22-14-10-15-23-47/h10-36,55-57,59-62,64,81,88H,37-42H2,1-9H3,(H,75,86)(H,76,83)/t55-,56-,57+,59-,60+,61+,62-,64-,72+,73-,74+/m0/s1. The van der Waals surface area contributed by atoms with Crippen LogP contribution in [-0.2, 0) is 58.9 Å². The molecule has 0 unspecified atom stereocenters. The highest BCUT2D eigenvalue weighted by Gasteiger charge is 2.78. The molecule has 24 nitrogen and oxygen atoms in total. The van der Waals surface area contributed by atoms with E-state index in [9.17, 15) is 49.1 Å². The lowest BCUT2D eigenvalue weighted by Crippen LogP contribution is -2.82. The van der Waals surface area contributed by atoms with Crippen molar-refractivity contribution < 1.29 is 91.4 Å². The van der Waals surface area contributed by atoms with Crippen LogP contribution >= 0.6 is 0 Å². The lowest BCUT2D eigenvalue weighted by atomic mass is 9.44. The molecule has 1 saturated heterocycles. The maximum atomic E-state index is 16.0. The Morgan fingerprint density at radius 3 is 1.98 bits per heavy atom. The summed E-state index contributed by atoms with van der Waals surface area (Å²) in [6, 6.07) is 42.9. The summed E-state index contributed by atoms with van der Waals surface area (Å²) in [6.45, 7) is 10.6. The van der Waals surface area contributed by atoms with Crippen molar-refractivity contribution in [2.24, 2.45) is 22.2 Å². The van der Waals surface area contributed by atoms with Gasteiger partial charge in [0, 0.05) is 63.9 Å². The first-order valence-electron chi connectivity index (χ1n) is 31.9. The number of hydrogen-bond donors (Lipinski definition) is 4. The Kier molecular flexibility index (Phi) is 20.4. The van der Waals surface area contributed by atoms with Crippen molar-refractivity contribution in [1.82, 2.24) is 15.5 Å². The lowest BCUT2D eigenvalue weighted by Gasteiger charge is -2.67. The summed E-state index contributed by atoms with van der Waals surface area (Å²) in [7, 11) is 1.37. The summed E-state index contributed by atoms with van der Waals surface area (Å²) in [5, 5.41) is 44.1. The molecule has 3 fully saturated rings. The van der Waals surface area contributed by atoms with Gasteiger partial charge in [0.2, 0.25) is 11.9 Å². The van der Waals surface area contributed by atoms with Crippen LogP contribution in [0.3, 0.4) is 0 Å². The van der Waals surface area contributed by atoms with Crippen molar-refractivity contribution in [3.63, 3.8) is 0 Å². The average molecular weight is 1340 g/mol. The van der Waals surface area contributed by atoms with Crippen molar-refractivity contribution >= 4 is 53.4 Å². The highest BCUT2D eigenvalue weighted by atomic mass is 16.6. The van der Waals surface area contributed by atoms with E-state index < -0.39 is 135 Å².